The van der Waals surface area contributed by atoms with Crippen molar-refractivity contribution >= 4 is 5.91 Å². The van der Waals surface area contributed by atoms with Crippen LogP contribution in [0.4, 0.5) is 0 Å². The van der Waals surface area contributed by atoms with E-state index < -0.39 is 0 Å². The number of carbonyl (C=O) groups is 1. The molecule has 5 nitrogen and oxygen atoms in total. The quantitative estimate of drug-likeness (QED) is 0.843. The fourth-order valence-corrected chi connectivity index (χ4v) is 1.83. The van der Waals surface area contributed by atoms with E-state index in [9.17, 15) is 4.79 Å². The van der Waals surface area contributed by atoms with Crippen molar-refractivity contribution in [2.75, 3.05) is 13.2 Å². The fourth-order valence-electron chi connectivity index (χ4n) is 1.83. The highest BCUT2D eigenvalue weighted by Gasteiger charge is 2.05. The number of aryl methyl sites for hydroxylation is 1. The predicted molar refractivity (Wildman–Crippen MR) is 76.7 cm³/mol. The Kier molecular flexibility index (Phi) is 4.76. The van der Waals surface area contributed by atoms with Gasteiger partial charge in [-0.05, 0) is 31.0 Å². The summed E-state index contributed by atoms with van der Waals surface area (Å²) in [6.07, 6.45) is 4.11. The molecule has 0 spiro atoms. The van der Waals surface area contributed by atoms with Gasteiger partial charge in [0.15, 0.2) is 6.61 Å². The smallest absolute Gasteiger partial charge is 0.257 e. The van der Waals surface area contributed by atoms with Crippen molar-refractivity contribution in [2.45, 2.75) is 20.3 Å². The summed E-state index contributed by atoms with van der Waals surface area (Å²) in [5.41, 5.74) is 3.22. The molecule has 0 aliphatic rings. The summed E-state index contributed by atoms with van der Waals surface area (Å²) in [5, 5.41) is 2.81. The molecule has 5 heteroatoms. The molecule has 2 rings (SSSR count). The first kappa shape index (κ1) is 14.1. The SMILES string of the molecule is Cc1cccc(OCC(=O)NCCc2cnc[nH]2)c1C. The number of aromatic amines is 1. The van der Waals surface area contributed by atoms with Crippen molar-refractivity contribution in [2.24, 2.45) is 0 Å². The minimum atomic E-state index is -0.120. The minimum absolute atomic E-state index is 0.0350. The number of carbonyl (C=O) groups excluding carboxylic acids is 1. The molecule has 0 aliphatic heterocycles. The second kappa shape index (κ2) is 6.75. The van der Waals surface area contributed by atoms with E-state index in [1.54, 1.807) is 12.5 Å². The zero-order chi connectivity index (χ0) is 14.4. The molecule has 1 aromatic carbocycles. The van der Waals surface area contributed by atoms with Crippen LogP contribution >= 0.6 is 0 Å². The van der Waals surface area contributed by atoms with Crippen LogP contribution in [0.15, 0.2) is 30.7 Å². The largest absolute Gasteiger partial charge is 0.483 e. The lowest BCUT2D eigenvalue weighted by molar-refractivity contribution is -0.123. The van der Waals surface area contributed by atoms with Crippen LogP contribution in [0.1, 0.15) is 16.8 Å². The van der Waals surface area contributed by atoms with Gasteiger partial charge in [-0.15, -0.1) is 0 Å². The van der Waals surface area contributed by atoms with Crippen molar-refractivity contribution in [1.82, 2.24) is 15.3 Å². The van der Waals surface area contributed by atoms with E-state index in [0.717, 1.165) is 29.0 Å². The molecule has 106 valence electrons. The van der Waals surface area contributed by atoms with E-state index in [-0.39, 0.29) is 12.5 Å². The Balaban J connectivity index is 1.73. The van der Waals surface area contributed by atoms with Crippen LogP contribution in [0.3, 0.4) is 0 Å². The molecule has 0 radical (unpaired) electrons. The molecule has 0 bridgehead atoms. The molecule has 20 heavy (non-hydrogen) atoms. The monoisotopic (exact) mass is 273 g/mol. The number of hydrogen-bond acceptors (Lipinski definition) is 3. The molecule has 0 fully saturated rings. The van der Waals surface area contributed by atoms with Gasteiger partial charge in [0, 0.05) is 24.9 Å². The van der Waals surface area contributed by atoms with Crippen molar-refractivity contribution in [3.8, 4) is 5.75 Å². The number of nitrogens with one attached hydrogen (secondary N) is 2. The van der Waals surface area contributed by atoms with Crippen LogP contribution in [0.2, 0.25) is 0 Å². The van der Waals surface area contributed by atoms with E-state index in [0.29, 0.717) is 6.54 Å². The van der Waals surface area contributed by atoms with Crippen molar-refractivity contribution in [1.29, 1.82) is 0 Å². The number of amides is 1. The fraction of sp³-hybridized carbons (Fsp3) is 0.333. The number of aromatic nitrogens is 2. The van der Waals surface area contributed by atoms with Gasteiger partial charge in [0.1, 0.15) is 5.75 Å². The van der Waals surface area contributed by atoms with Crippen LogP contribution in [0, 0.1) is 13.8 Å². The first-order chi connectivity index (χ1) is 9.66. The minimum Gasteiger partial charge on any atom is -0.483 e. The summed E-state index contributed by atoms with van der Waals surface area (Å²) in [7, 11) is 0. The molecule has 1 amide bonds. The Hall–Kier alpha value is -2.30. The predicted octanol–water partition coefficient (Wildman–Crippen LogP) is 1.76. The van der Waals surface area contributed by atoms with Crippen LogP contribution in [0.5, 0.6) is 5.75 Å². The maximum Gasteiger partial charge on any atom is 0.257 e. The zero-order valence-corrected chi connectivity index (χ0v) is 11.8. The molecule has 0 unspecified atom stereocenters. The van der Waals surface area contributed by atoms with E-state index in [2.05, 4.69) is 15.3 Å². The van der Waals surface area contributed by atoms with Gasteiger partial charge in [-0.2, -0.15) is 0 Å². The second-order valence-electron chi connectivity index (χ2n) is 4.66. The number of ether oxygens (including phenoxy) is 1. The number of imidazole rings is 1. The lowest BCUT2D eigenvalue weighted by Gasteiger charge is -2.10. The first-order valence-corrected chi connectivity index (χ1v) is 6.60. The number of nitrogens with zero attached hydrogens (tertiary/aromatic N) is 1. The van der Waals surface area contributed by atoms with Gasteiger partial charge >= 0.3 is 0 Å². The van der Waals surface area contributed by atoms with Gasteiger partial charge in [0.05, 0.1) is 6.33 Å². The summed E-state index contributed by atoms with van der Waals surface area (Å²) in [6, 6.07) is 5.82. The number of hydrogen-bond donors (Lipinski definition) is 2. The molecule has 0 atom stereocenters. The molecule has 0 aliphatic carbocycles. The highest BCUT2D eigenvalue weighted by atomic mass is 16.5. The van der Waals surface area contributed by atoms with E-state index in [4.69, 9.17) is 4.74 Å². The number of rotatable bonds is 6. The Morgan fingerprint density at radius 3 is 3.00 bits per heavy atom. The Morgan fingerprint density at radius 1 is 1.40 bits per heavy atom. The third-order valence-electron chi connectivity index (χ3n) is 3.19. The van der Waals surface area contributed by atoms with Crippen molar-refractivity contribution in [3.05, 3.63) is 47.5 Å². The lowest BCUT2D eigenvalue weighted by Crippen LogP contribution is -2.30. The van der Waals surface area contributed by atoms with Gasteiger partial charge in [-0.1, -0.05) is 12.1 Å². The average Bonchev–Trinajstić information content (AvgIpc) is 2.94. The summed E-state index contributed by atoms with van der Waals surface area (Å²) in [6.45, 7) is 4.61. The standard InChI is InChI=1S/C15H19N3O2/c1-11-4-3-5-14(12(11)2)20-9-15(19)17-7-6-13-8-16-10-18-13/h3-5,8,10H,6-7,9H2,1-2H3,(H,16,18)(H,17,19). The molecule has 0 saturated heterocycles. The van der Waals surface area contributed by atoms with Crippen LogP contribution in [-0.2, 0) is 11.2 Å². The van der Waals surface area contributed by atoms with Crippen LogP contribution < -0.4 is 10.1 Å². The van der Waals surface area contributed by atoms with Gasteiger partial charge < -0.3 is 15.0 Å². The number of benzene rings is 1. The molecular formula is C15H19N3O2. The van der Waals surface area contributed by atoms with Gasteiger partial charge in [-0.3, -0.25) is 4.79 Å². The van der Waals surface area contributed by atoms with Crippen LogP contribution in [0.25, 0.3) is 0 Å². The Labute approximate surface area is 118 Å². The second-order valence-corrected chi connectivity index (χ2v) is 4.66. The zero-order valence-electron chi connectivity index (χ0n) is 11.8. The molecule has 1 heterocycles. The van der Waals surface area contributed by atoms with E-state index in [1.165, 1.54) is 0 Å². The highest BCUT2D eigenvalue weighted by Crippen LogP contribution is 2.20. The highest BCUT2D eigenvalue weighted by molar-refractivity contribution is 5.77. The molecule has 2 N–H and O–H groups in total. The first-order valence-electron chi connectivity index (χ1n) is 6.60. The summed E-state index contributed by atoms with van der Waals surface area (Å²) >= 11 is 0. The van der Waals surface area contributed by atoms with Gasteiger partial charge in [-0.25, -0.2) is 4.98 Å². The van der Waals surface area contributed by atoms with Gasteiger partial charge in [0.25, 0.3) is 5.91 Å². The maximum absolute atomic E-state index is 11.7. The van der Waals surface area contributed by atoms with Crippen molar-refractivity contribution in [3.63, 3.8) is 0 Å². The Bertz CT molecular complexity index is 565. The normalized spacial score (nSPS) is 10.3. The lowest BCUT2D eigenvalue weighted by atomic mass is 10.1. The summed E-state index contributed by atoms with van der Waals surface area (Å²) < 4.78 is 5.53. The summed E-state index contributed by atoms with van der Waals surface area (Å²) in [4.78, 5) is 18.6. The number of H-pyrrole nitrogens is 1. The summed E-state index contributed by atoms with van der Waals surface area (Å²) in [5.74, 6) is 0.638. The molecule has 1 aromatic heterocycles. The molecular weight excluding hydrogens is 254 g/mol. The topological polar surface area (TPSA) is 67.0 Å². The third-order valence-corrected chi connectivity index (χ3v) is 3.19. The van der Waals surface area contributed by atoms with E-state index >= 15 is 0 Å². The third kappa shape index (κ3) is 3.85. The maximum atomic E-state index is 11.7. The average molecular weight is 273 g/mol. The molecule has 0 saturated carbocycles. The molecule has 2 aromatic rings. The van der Waals surface area contributed by atoms with E-state index in [1.807, 2.05) is 32.0 Å². The van der Waals surface area contributed by atoms with Crippen molar-refractivity contribution < 1.29 is 9.53 Å². The Morgan fingerprint density at radius 2 is 2.25 bits per heavy atom. The van der Waals surface area contributed by atoms with Gasteiger partial charge in [0.2, 0.25) is 0 Å². The van der Waals surface area contributed by atoms with Crippen LogP contribution in [-0.4, -0.2) is 29.0 Å².